The lowest BCUT2D eigenvalue weighted by Crippen LogP contribution is -2.14. The monoisotopic (exact) mass is 381 g/mol. The van der Waals surface area contributed by atoms with Gasteiger partial charge in [0.1, 0.15) is 0 Å². The van der Waals surface area contributed by atoms with Crippen LogP contribution in [0.4, 0.5) is 0 Å². The lowest BCUT2D eigenvalue weighted by atomic mass is 10.2. The van der Waals surface area contributed by atoms with E-state index in [-0.39, 0.29) is 4.90 Å². The number of aromatic nitrogens is 3. The van der Waals surface area contributed by atoms with E-state index in [9.17, 15) is 8.42 Å². The highest BCUT2D eigenvalue weighted by Gasteiger charge is 2.21. The highest BCUT2D eigenvalue weighted by molar-refractivity contribution is 9.10. The van der Waals surface area contributed by atoms with Gasteiger partial charge in [0.05, 0.1) is 11.1 Å². The maximum Gasteiger partial charge on any atom is 0.284 e. The number of nitrogens with zero attached hydrogens (tertiary/aromatic N) is 3. The summed E-state index contributed by atoms with van der Waals surface area (Å²) in [5.74, 6) is 0. The van der Waals surface area contributed by atoms with Crippen LogP contribution in [0.15, 0.2) is 52.1 Å². The smallest absolute Gasteiger partial charge is 0.235 e. The Morgan fingerprint density at radius 2 is 1.73 bits per heavy atom. The molecule has 0 aliphatic carbocycles. The molecule has 2 heterocycles. The van der Waals surface area contributed by atoms with Gasteiger partial charge < -0.3 is 0 Å². The van der Waals surface area contributed by atoms with Gasteiger partial charge in [0.25, 0.3) is 10.0 Å². The first kappa shape index (κ1) is 16.6. The SMILES string of the molecule is CC.Cc1ccc(S(=O)(=O)n2ncc3cc(Br)cnc32)cc1. The topological polar surface area (TPSA) is 64.8 Å². The molecule has 0 saturated carbocycles. The van der Waals surface area contributed by atoms with Crippen molar-refractivity contribution in [1.29, 1.82) is 0 Å². The minimum absolute atomic E-state index is 0.192. The normalized spacial score (nSPS) is 11.1. The van der Waals surface area contributed by atoms with E-state index in [1.165, 1.54) is 6.20 Å². The summed E-state index contributed by atoms with van der Waals surface area (Å²) in [6, 6.07) is 8.41. The molecule has 0 aliphatic rings. The summed E-state index contributed by atoms with van der Waals surface area (Å²) in [6.45, 7) is 5.90. The molecule has 3 aromatic rings. The summed E-state index contributed by atoms with van der Waals surface area (Å²) < 4.78 is 26.8. The number of pyridine rings is 1. The molecule has 0 spiro atoms. The van der Waals surface area contributed by atoms with E-state index in [0.29, 0.717) is 11.0 Å². The van der Waals surface area contributed by atoms with E-state index in [0.717, 1.165) is 14.1 Å². The third kappa shape index (κ3) is 3.05. The third-order valence-corrected chi connectivity index (χ3v) is 4.92. The molecule has 7 heteroatoms. The molecule has 0 saturated heterocycles. The molecule has 2 aromatic heterocycles. The van der Waals surface area contributed by atoms with E-state index in [1.54, 1.807) is 36.5 Å². The molecule has 0 atom stereocenters. The Morgan fingerprint density at radius 1 is 1.09 bits per heavy atom. The highest BCUT2D eigenvalue weighted by Crippen LogP contribution is 2.21. The molecule has 5 nitrogen and oxygen atoms in total. The molecule has 0 unspecified atom stereocenters. The number of hydrogen-bond donors (Lipinski definition) is 0. The van der Waals surface area contributed by atoms with Crippen LogP contribution in [-0.2, 0) is 10.0 Å². The van der Waals surface area contributed by atoms with Crippen LogP contribution < -0.4 is 0 Å². The lowest BCUT2D eigenvalue weighted by Gasteiger charge is -2.05. The van der Waals surface area contributed by atoms with Crippen molar-refractivity contribution in [2.45, 2.75) is 25.7 Å². The van der Waals surface area contributed by atoms with E-state index >= 15 is 0 Å². The molecule has 116 valence electrons. The first-order valence-electron chi connectivity index (χ1n) is 6.80. The first-order chi connectivity index (χ1) is 10.5. The van der Waals surface area contributed by atoms with Crippen molar-refractivity contribution in [3.8, 4) is 0 Å². The second-order valence-electron chi connectivity index (χ2n) is 4.37. The zero-order valence-corrected chi connectivity index (χ0v) is 14.9. The predicted molar refractivity (Wildman–Crippen MR) is 90.3 cm³/mol. The third-order valence-electron chi connectivity index (χ3n) is 2.89. The van der Waals surface area contributed by atoms with Crippen molar-refractivity contribution in [2.75, 3.05) is 0 Å². The highest BCUT2D eigenvalue weighted by atomic mass is 79.9. The lowest BCUT2D eigenvalue weighted by molar-refractivity contribution is 0.582. The largest absolute Gasteiger partial charge is 0.284 e. The van der Waals surface area contributed by atoms with Crippen molar-refractivity contribution < 1.29 is 8.42 Å². The second-order valence-corrected chi connectivity index (χ2v) is 7.06. The van der Waals surface area contributed by atoms with Crippen LogP contribution in [0, 0.1) is 6.92 Å². The molecule has 0 bridgehead atoms. The van der Waals surface area contributed by atoms with Gasteiger partial charge >= 0.3 is 0 Å². The average Bonchev–Trinajstić information content (AvgIpc) is 2.93. The Balaban J connectivity index is 0.000000847. The Hall–Kier alpha value is -1.73. The van der Waals surface area contributed by atoms with Crippen LogP contribution in [-0.4, -0.2) is 22.6 Å². The predicted octanol–water partition coefficient (Wildman–Crippen LogP) is 3.77. The summed E-state index contributed by atoms with van der Waals surface area (Å²) in [6.07, 6.45) is 3.03. The van der Waals surface area contributed by atoms with Gasteiger partial charge in [-0.15, -0.1) is 4.09 Å². The molecule has 22 heavy (non-hydrogen) atoms. The fraction of sp³-hybridized carbons (Fsp3) is 0.200. The number of fused-ring (bicyclic) bond motifs is 1. The fourth-order valence-electron chi connectivity index (χ4n) is 1.86. The minimum atomic E-state index is -3.72. The molecular formula is C15H16BrN3O2S. The Kier molecular flexibility index (Phi) is 4.97. The molecule has 0 radical (unpaired) electrons. The zero-order chi connectivity index (χ0) is 16.3. The number of aryl methyl sites for hydroxylation is 1. The molecule has 3 rings (SSSR count). The quantitative estimate of drug-likeness (QED) is 0.677. The second kappa shape index (κ2) is 6.58. The van der Waals surface area contributed by atoms with Crippen LogP contribution in [0.25, 0.3) is 11.0 Å². The molecule has 0 fully saturated rings. The van der Waals surface area contributed by atoms with Crippen molar-refractivity contribution in [1.82, 2.24) is 14.2 Å². The zero-order valence-electron chi connectivity index (χ0n) is 12.5. The molecule has 0 aliphatic heterocycles. The Morgan fingerprint density at radius 3 is 2.36 bits per heavy atom. The first-order valence-corrected chi connectivity index (χ1v) is 9.03. The van der Waals surface area contributed by atoms with Gasteiger partial charge in [0, 0.05) is 16.1 Å². The maximum absolute atomic E-state index is 12.6. The minimum Gasteiger partial charge on any atom is -0.235 e. The van der Waals surface area contributed by atoms with Gasteiger partial charge in [-0.25, -0.2) is 4.98 Å². The van der Waals surface area contributed by atoms with Crippen molar-refractivity contribution >= 4 is 37.0 Å². The summed E-state index contributed by atoms with van der Waals surface area (Å²) in [4.78, 5) is 4.32. The van der Waals surface area contributed by atoms with Gasteiger partial charge in [0.2, 0.25) is 0 Å². The van der Waals surface area contributed by atoms with Crippen LogP contribution in [0.3, 0.4) is 0 Å². The molecular weight excluding hydrogens is 366 g/mol. The standard InChI is InChI=1S/C13H10BrN3O2S.C2H6/c1-9-2-4-12(5-3-9)20(18,19)17-13-10(7-16-17)6-11(14)8-15-13;1-2/h2-8H,1H3;1-2H3. The van der Waals surface area contributed by atoms with E-state index < -0.39 is 10.0 Å². The van der Waals surface area contributed by atoms with Crippen molar-refractivity contribution in [3.05, 3.63) is 52.8 Å². The van der Waals surface area contributed by atoms with Crippen LogP contribution in [0.5, 0.6) is 0 Å². The maximum atomic E-state index is 12.6. The number of benzene rings is 1. The van der Waals surface area contributed by atoms with Gasteiger partial charge in [-0.2, -0.15) is 13.5 Å². The van der Waals surface area contributed by atoms with Crippen LogP contribution in [0.2, 0.25) is 0 Å². The van der Waals surface area contributed by atoms with Gasteiger partial charge in [0.15, 0.2) is 5.65 Å². The molecule has 0 N–H and O–H groups in total. The van der Waals surface area contributed by atoms with Crippen molar-refractivity contribution in [3.63, 3.8) is 0 Å². The number of halogens is 1. The van der Waals surface area contributed by atoms with E-state index in [1.807, 2.05) is 20.8 Å². The van der Waals surface area contributed by atoms with Gasteiger partial charge in [-0.1, -0.05) is 31.5 Å². The number of rotatable bonds is 2. The summed E-state index contributed by atoms with van der Waals surface area (Å²) >= 11 is 3.30. The molecule has 0 amide bonds. The van der Waals surface area contributed by atoms with Gasteiger partial charge in [-0.05, 0) is 41.1 Å². The Bertz CT molecular complexity index is 887. The van der Waals surface area contributed by atoms with Crippen LogP contribution >= 0.6 is 15.9 Å². The summed E-state index contributed by atoms with van der Waals surface area (Å²) in [5, 5.41) is 4.61. The Labute approximate surface area is 138 Å². The van der Waals surface area contributed by atoms with E-state index in [4.69, 9.17) is 0 Å². The van der Waals surface area contributed by atoms with E-state index in [2.05, 4.69) is 26.0 Å². The summed E-state index contributed by atoms with van der Waals surface area (Å²) in [5.41, 5.74) is 1.31. The number of hydrogen-bond acceptors (Lipinski definition) is 4. The van der Waals surface area contributed by atoms with Crippen LogP contribution in [0.1, 0.15) is 19.4 Å². The average molecular weight is 382 g/mol. The van der Waals surface area contributed by atoms with Crippen molar-refractivity contribution in [2.24, 2.45) is 0 Å². The van der Waals surface area contributed by atoms with Gasteiger partial charge in [-0.3, -0.25) is 0 Å². The fourth-order valence-corrected chi connectivity index (χ4v) is 3.44. The summed E-state index contributed by atoms with van der Waals surface area (Å²) in [7, 11) is -3.72. The molecule has 1 aromatic carbocycles.